The lowest BCUT2D eigenvalue weighted by molar-refractivity contribution is 0.316. The van der Waals surface area contributed by atoms with Gasteiger partial charge in [-0.05, 0) is 29.5 Å². The molecule has 0 amide bonds. The number of likely N-dealkylation sites (tertiary alicyclic amines) is 1. The van der Waals surface area contributed by atoms with Gasteiger partial charge in [0, 0.05) is 30.3 Å². The molecule has 1 fully saturated rings. The molecule has 1 aromatic rings. The van der Waals surface area contributed by atoms with E-state index < -0.39 is 0 Å². The minimum absolute atomic E-state index is 0.712. The van der Waals surface area contributed by atoms with Crippen LogP contribution in [-0.4, -0.2) is 18.0 Å². The lowest BCUT2D eigenvalue weighted by Crippen LogP contribution is -2.20. The smallest absolute Gasteiger partial charge is 0.0426 e. The molecular weight excluding hydrogens is 220 g/mol. The first-order valence-corrected chi connectivity index (χ1v) is 6.20. The van der Waals surface area contributed by atoms with E-state index in [4.69, 9.17) is 17.3 Å². The summed E-state index contributed by atoms with van der Waals surface area (Å²) in [6.45, 7) is 7.91. The van der Waals surface area contributed by atoms with Crippen molar-refractivity contribution in [2.45, 2.75) is 20.4 Å². The molecule has 0 saturated carbocycles. The summed E-state index contributed by atoms with van der Waals surface area (Å²) in [5, 5.41) is 0.712. The fourth-order valence-electron chi connectivity index (χ4n) is 2.33. The van der Waals surface area contributed by atoms with Crippen molar-refractivity contribution < 1.29 is 0 Å². The lowest BCUT2D eigenvalue weighted by atomic mass is 10.0. The Balaban J connectivity index is 2.05. The monoisotopic (exact) mass is 238 g/mol. The number of hydrogen-bond acceptors (Lipinski definition) is 2. The highest BCUT2D eigenvalue weighted by atomic mass is 35.5. The summed E-state index contributed by atoms with van der Waals surface area (Å²) in [4.78, 5) is 2.47. The van der Waals surface area contributed by atoms with Gasteiger partial charge in [-0.15, -0.1) is 0 Å². The fraction of sp³-hybridized carbons (Fsp3) is 0.538. The van der Waals surface area contributed by atoms with Crippen molar-refractivity contribution in [2.75, 3.05) is 18.8 Å². The third-order valence-electron chi connectivity index (χ3n) is 3.57. The summed E-state index contributed by atoms with van der Waals surface area (Å²) in [6, 6.07) is 5.78. The SMILES string of the molecule is CC1CN(Cc2ccc(Cl)cc2N)CC1C. The molecule has 1 saturated heterocycles. The summed E-state index contributed by atoms with van der Waals surface area (Å²) in [6.07, 6.45) is 0. The van der Waals surface area contributed by atoms with Crippen molar-refractivity contribution in [3.63, 3.8) is 0 Å². The van der Waals surface area contributed by atoms with Crippen LogP contribution in [0.3, 0.4) is 0 Å². The van der Waals surface area contributed by atoms with E-state index in [9.17, 15) is 0 Å². The van der Waals surface area contributed by atoms with Gasteiger partial charge in [0.15, 0.2) is 0 Å². The van der Waals surface area contributed by atoms with Crippen LogP contribution in [-0.2, 0) is 6.54 Å². The first-order chi connectivity index (χ1) is 7.56. The standard InChI is InChI=1S/C13H19ClN2/c1-9-6-16(7-10(9)2)8-11-3-4-12(14)5-13(11)15/h3-5,9-10H,6-8,15H2,1-2H3. The molecule has 88 valence electrons. The van der Waals surface area contributed by atoms with Crippen molar-refractivity contribution in [3.8, 4) is 0 Å². The van der Waals surface area contributed by atoms with E-state index in [0.29, 0.717) is 5.02 Å². The molecule has 1 aliphatic rings. The van der Waals surface area contributed by atoms with E-state index in [2.05, 4.69) is 18.7 Å². The summed E-state index contributed by atoms with van der Waals surface area (Å²) in [5.41, 5.74) is 7.95. The third-order valence-corrected chi connectivity index (χ3v) is 3.80. The number of halogens is 1. The number of nitrogen functional groups attached to an aromatic ring is 1. The molecule has 3 heteroatoms. The fourth-order valence-corrected chi connectivity index (χ4v) is 2.51. The number of hydrogen-bond donors (Lipinski definition) is 1. The molecule has 0 radical (unpaired) electrons. The Labute approximate surface area is 102 Å². The molecular formula is C13H19ClN2. The van der Waals surface area contributed by atoms with Crippen molar-refractivity contribution in [1.82, 2.24) is 4.90 Å². The van der Waals surface area contributed by atoms with Crippen LogP contribution < -0.4 is 5.73 Å². The predicted molar refractivity (Wildman–Crippen MR) is 69.5 cm³/mol. The third kappa shape index (κ3) is 2.50. The van der Waals surface area contributed by atoms with Crippen LogP contribution in [0, 0.1) is 11.8 Å². The van der Waals surface area contributed by atoms with Gasteiger partial charge in [-0.1, -0.05) is 31.5 Å². The highest BCUT2D eigenvalue weighted by molar-refractivity contribution is 6.30. The predicted octanol–water partition coefficient (Wildman–Crippen LogP) is 3.01. The first kappa shape index (κ1) is 11.7. The molecule has 1 aromatic carbocycles. The molecule has 16 heavy (non-hydrogen) atoms. The van der Waals surface area contributed by atoms with Crippen molar-refractivity contribution >= 4 is 17.3 Å². The maximum absolute atomic E-state index is 5.96. The van der Waals surface area contributed by atoms with Gasteiger partial charge in [0.1, 0.15) is 0 Å². The quantitative estimate of drug-likeness (QED) is 0.803. The zero-order chi connectivity index (χ0) is 11.7. The second-order valence-corrected chi connectivity index (χ2v) is 5.43. The topological polar surface area (TPSA) is 29.3 Å². The number of rotatable bonds is 2. The number of nitrogens with zero attached hydrogens (tertiary/aromatic N) is 1. The molecule has 2 N–H and O–H groups in total. The number of benzene rings is 1. The zero-order valence-electron chi connectivity index (χ0n) is 9.91. The van der Waals surface area contributed by atoms with Gasteiger partial charge in [-0.3, -0.25) is 4.90 Å². The molecule has 0 aliphatic carbocycles. The molecule has 2 atom stereocenters. The van der Waals surface area contributed by atoms with E-state index >= 15 is 0 Å². The Kier molecular flexibility index (Phi) is 3.41. The van der Waals surface area contributed by atoms with Crippen molar-refractivity contribution in [1.29, 1.82) is 0 Å². The number of anilines is 1. The minimum Gasteiger partial charge on any atom is -0.398 e. The average molecular weight is 239 g/mol. The van der Waals surface area contributed by atoms with E-state index in [-0.39, 0.29) is 0 Å². The Morgan fingerprint density at radius 2 is 1.94 bits per heavy atom. The van der Waals surface area contributed by atoms with Gasteiger partial charge < -0.3 is 5.73 Å². The van der Waals surface area contributed by atoms with E-state index in [1.165, 1.54) is 18.7 Å². The summed E-state index contributed by atoms with van der Waals surface area (Å²) < 4.78 is 0. The summed E-state index contributed by atoms with van der Waals surface area (Å²) in [7, 11) is 0. The molecule has 0 spiro atoms. The minimum atomic E-state index is 0.712. The number of nitrogens with two attached hydrogens (primary N) is 1. The molecule has 1 aliphatic heterocycles. The Morgan fingerprint density at radius 3 is 2.50 bits per heavy atom. The van der Waals surface area contributed by atoms with Crippen LogP contribution in [0.15, 0.2) is 18.2 Å². The first-order valence-electron chi connectivity index (χ1n) is 5.82. The van der Waals surface area contributed by atoms with Crippen LogP contribution in [0.1, 0.15) is 19.4 Å². The van der Waals surface area contributed by atoms with E-state index in [1.54, 1.807) is 0 Å². The Morgan fingerprint density at radius 1 is 1.31 bits per heavy atom. The Hall–Kier alpha value is -0.730. The van der Waals surface area contributed by atoms with Crippen LogP contribution in [0.5, 0.6) is 0 Å². The van der Waals surface area contributed by atoms with Gasteiger partial charge in [-0.25, -0.2) is 0 Å². The molecule has 0 aromatic heterocycles. The van der Waals surface area contributed by atoms with E-state index in [1.807, 2.05) is 18.2 Å². The zero-order valence-corrected chi connectivity index (χ0v) is 10.7. The second kappa shape index (κ2) is 4.64. The van der Waals surface area contributed by atoms with Gasteiger partial charge in [0.05, 0.1) is 0 Å². The van der Waals surface area contributed by atoms with Crippen LogP contribution in [0.4, 0.5) is 5.69 Å². The van der Waals surface area contributed by atoms with Crippen LogP contribution in [0.2, 0.25) is 5.02 Å². The van der Waals surface area contributed by atoms with Crippen molar-refractivity contribution in [2.24, 2.45) is 11.8 Å². The van der Waals surface area contributed by atoms with Gasteiger partial charge in [-0.2, -0.15) is 0 Å². The average Bonchev–Trinajstić information content (AvgIpc) is 2.51. The van der Waals surface area contributed by atoms with Crippen LogP contribution >= 0.6 is 11.6 Å². The molecule has 2 nitrogen and oxygen atoms in total. The second-order valence-electron chi connectivity index (χ2n) is 4.99. The summed E-state index contributed by atoms with van der Waals surface area (Å²) >= 11 is 5.89. The van der Waals surface area contributed by atoms with Gasteiger partial charge in [0.2, 0.25) is 0 Å². The van der Waals surface area contributed by atoms with Gasteiger partial charge in [0.25, 0.3) is 0 Å². The molecule has 0 bridgehead atoms. The normalized spacial score (nSPS) is 26.2. The lowest BCUT2D eigenvalue weighted by Gasteiger charge is -2.16. The highest BCUT2D eigenvalue weighted by Crippen LogP contribution is 2.26. The van der Waals surface area contributed by atoms with Gasteiger partial charge >= 0.3 is 0 Å². The van der Waals surface area contributed by atoms with Crippen LogP contribution in [0.25, 0.3) is 0 Å². The molecule has 2 unspecified atom stereocenters. The maximum Gasteiger partial charge on any atom is 0.0426 e. The Bertz CT molecular complexity index is 368. The maximum atomic E-state index is 5.96. The molecule has 1 heterocycles. The summed E-state index contributed by atoms with van der Waals surface area (Å²) in [5.74, 6) is 1.57. The molecule has 2 rings (SSSR count). The largest absolute Gasteiger partial charge is 0.398 e. The highest BCUT2D eigenvalue weighted by Gasteiger charge is 2.25. The van der Waals surface area contributed by atoms with Crippen molar-refractivity contribution in [3.05, 3.63) is 28.8 Å². The van der Waals surface area contributed by atoms with E-state index in [0.717, 1.165) is 24.1 Å².